The van der Waals surface area contributed by atoms with Gasteiger partial charge in [-0.05, 0) is 45.8 Å². The highest BCUT2D eigenvalue weighted by Crippen LogP contribution is 2.22. The molecule has 0 atom stereocenters. The molecular weight excluding hydrogens is 250 g/mol. The van der Waals surface area contributed by atoms with Gasteiger partial charge in [-0.15, -0.1) is 0 Å². The molecule has 5 nitrogen and oxygen atoms in total. The van der Waals surface area contributed by atoms with Gasteiger partial charge in [-0.3, -0.25) is 0 Å². The molecule has 0 bridgehead atoms. The van der Waals surface area contributed by atoms with E-state index in [2.05, 4.69) is 52.2 Å². The van der Waals surface area contributed by atoms with E-state index in [1.54, 1.807) is 6.33 Å². The zero-order chi connectivity index (χ0) is 14.4. The normalized spacial score (nSPS) is 16.7. The number of nitrogens with one attached hydrogen (secondary N) is 1. The van der Waals surface area contributed by atoms with Crippen LogP contribution in [-0.4, -0.2) is 55.1 Å². The van der Waals surface area contributed by atoms with Crippen LogP contribution in [0.3, 0.4) is 0 Å². The van der Waals surface area contributed by atoms with E-state index in [0.717, 1.165) is 50.2 Å². The summed E-state index contributed by atoms with van der Waals surface area (Å²) < 4.78 is 0. The summed E-state index contributed by atoms with van der Waals surface area (Å²) in [6, 6.07) is 2.08. The van der Waals surface area contributed by atoms with Crippen LogP contribution in [0.2, 0.25) is 0 Å². The first-order chi connectivity index (χ1) is 9.65. The van der Waals surface area contributed by atoms with E-state index in [0.29, 0.717) is 0 Å². The van der Waals surface area contributed by atoms with Crippen LogP contribution in [0.25, 0.3) is 0 Å². The summed E-state index contributed by atoms with van der Waals surface area (Å²) in [6.07, 6.45) is 5.31. The van der Waals surface area contributed by atoms with Crippen molar-refractivity contribution in [3.8, 4) is 0 Å². The average Bonchev–Trinajstić information content (AvgIpc) is 2.44. The Labute approximate surface area is 122 Å². The molecule has 20 heavy (non-hydrogen) atoms. The third kappa shape index (κ3) is 4.63. The smallest absolute Gasteiger partial charge is 0.134 e. The SMILES string of the molecule is CC1CCN(c2cc(NCCCN(C)C)ncn2)CC1. The number of piperidine rings is 1. The molecule has 1 N–H and O–H groups in total. The molecule has 5 heteroatoms. The Bertz CT molecular complexity index is 399. The molecular formula is C15H27N5. The van der Waals surface area contributed by atoms with E-state index in [9.17, 15) is 0 Å². The first-order valence-corrected chi connectivity index (χ1v) is 7.61. The molecule has 1 aromatic heterocycles. The van der Waals surface area contributed by atoms with Crippen LogP contribution in [0.15, 0.2) is 12.4 Å². The van der Waals surface area contributed by atoms with Crippen LogP contribution in [0.5, 0.6) is 0 Å². The van der Waals surface area contributed by atoms with Gasteiger partial charge in [0.25, 0.3) is 0 Å². The fraction of sp³-hybridized carbons (Fsp3) is 0.733. The van der Waals surface area contributed by atoms with Crippen molar-refractivity contribution in [1.29, 1.82) is 0 Å². The molecule has 0 unspecified atom stereocenters. The van der Waals surface area contributed by atoms with Crippen LogP contribution < -0.4 is 10.2 Å². The van der Waals surface area contributed by atoms with E-state index in [4.69, 9.17) is 0 Å². The number of rotatable bonds is 6. The van der Waals surface area contributed by atoms with Crippen molar-refractivity contribution < 1.29 is 0 Å². The number of anilines is 2. The predicted molar refractivity (Wildman–Crippen MR) is 84.3 cm³/mol. The zero-order valence-corrected chi connectivity index (χ0v) is 13.0. The van der Waals surface area contributed by atoms with Crippen molar-refractivity contribution in [3.05, 3.63) is 12.4 Å². The molecule has 1 aliphatic rings. The van der Waals surface area contributed by atoms with E-state index in [1.807, 2.05) is 0 Å². The summed E-state index contributed by atoms with van der Waals surface area (Å²) in [7, 11) is 4.19. The molecule has 0 saturated carbocycles. The second-order valence-electron chi connectivity index (χ2n) is 6.01. The highest BCUT2D eigenvalue weighted by molar-refractivity contribution is 5.48. The largest absolute Gasteiger partial charge is 0.370 e. The van der Waals surface area contributed by atoms with E-state index >= 15 is 0 Å². The van der Waals surface area contributed by atoms with Crippen molar-refractivity contribution >= 4 is 11.6 Å². The molecule has 1 saturated heterocycles. The summed E-state index contributed by atoms with van der Waals surface area (Å²) >= 11 is 0. The summed E-state index contributed by atoms with van der Waals surface area (Å²) in [6.45, 7) is 6.59. The second-order valence-corrected chi connectivity index (χ2v) is 6.01. The molecule has 2 heterocycles. The van der Waals surface area contributed by atoms with Crippen LogP contribution in [-0.2, 0) is 0 Å². The van der Waals surface area contributed by atoms with Crippen molar-refractivity contribution in [2.75, 3.05) is 50.5 Å². The maximum atomic E-state index is 4.41. The lowest BCUT2D eigenvalue weighted by atomic mass is 9.99. The Morgan fingerprint density at radius 1 is 1.30 bits per heavy atom. The number of hydrogen-bond donors (Lipinski definition) is 1. The Balaban J connectivity index is 1.84. The second kappa shape index (κ2) is 7.43. The number of hydrogen-bond acceptors (Lipinski definition) is 5. The molecule has 0 aromatic carbocycles. The minimum absolute atomic E-state index is 0.844. The van der Waals surface area contributed by atoms with Crippen LogP contribution >= 0.6 is 0 Å². The molecule has 0 aliphatic carbocycles. The van der Waals surface area contributed by atoms with Gasteiger partial charge >= 0.3 is 0 Å². The Morgan fingerprint density at radius 3 is 2.75 bits per heavy atom. The van der Waals surface area contributed by atoms with E-state index in [1.165, 1.54) is 12.8 Å². The molecule has 2 rings (SSSR count). The lowest BCUT2D eigenvalue weighted by molar-refractivity contribution is 0.405. The number of aromatic nitrogens is 2. The maximum Gasteiger partial charge on any atom is 0.134 e. The Hall–Kier alpha value is -1.36. The monoisotopic (exact) mass is 277 g/mol. The van der Waals surface area contributed by atoms with Gasteiger partial charge in [-0.25, -0.2) is 9.97 Å². The minimum atomic E-state index is 0.844. The van der Waals surface area contributed by atoms with Gasteiger partial charge in [0.15, 0.2) is 0 Å². The lowest BCUT2D eigenvalue weighted by Gasteiger charge is -2.31. The molecule has 0 radical (unpaired) electrons. The summed E-state index contributed by atoms with van der Waals surface area (Å²) in [4.78, 5) is 13.3. The zero-order valence-electron chi connectivity index (χ0n) is 13.0. The molecule has 0 spiro atoms. The quantitative estimate of drug-likeness (QED) is 0.807. The highest BCUT2D eigenvalue weighted by Gasteiger charge is 2.17. The predicted octanol–water partition coefficient (Wildman–Crippen LogP) is 2.08. The van der Waals surface area contributed by atoms with Crippen molar-refractivity contribution in [2.45, 2.75) is 26.2 Å². The first kappa shape index (κ1) is 15.0. The van der Waals surface area contributed by atoms with Crippen molar-refractivity contribution in [3.63, 3.8) is 0 Å². The van der Waals surface area contributed by atoms with E-state index < -0.39 is 0 Å². The molecule has 0 amide bonds. The first-order valence-electron chi connectivity index (χ1n) is 7.61. The van der Waals surface area contributed by atoms with Gasteiger partial charge in [0, 0.05) is 25.7 Å². The Kier molecular flexibility index (Phi) is 5.59. The molecule has 1 aliphatic heterocycles. The fourth-order valence-electron chi connectivity index (χ4n) is 2.47. The summed E-state index contributed by atoms with van der Waals surface area (Å²) in [5, 5.41) is 3.38. The van der Waals surface area contributed by atoms with Crippen LogP contribution in [0.4, 0.5) is 11.6 Å². The molecule has 1 fully saturated rings. The number of nitrogens with zero attached hydrogens (tertiary/aromatic N) is 4. The van der Waals surface area contributed by atoms with Crippen molar-refractivity contribution in [1.82, 2.24) is 14.9 Å². The van der Waals surface area contributed by atoms with E-state index in [-0.39, 0.29) is 0 Å². The highest BCUT2D eigenvalue weighted by atomic mass is 15.2. The topological polar surface area (TPSA) is 44.3 Å². The molecule has 1 aromatic rings. The third-order valence-corrected chi connectivity index (χ3v) is 3.85. The van der Waals surface area contributed by atoms with Gasteiger partial charge in [-0.1, -0.05) is 6.92 Å². The van der Waals surface area contributed by atoms with Gasteiger partial charge in [-0.2, -0.15) is 0 Å². The summed E-state index contributed by atoms with van der Waals surface area (Å²) in [5.41, 5.74) is 0. The average molecular weight is 277 g/mol. The molecule has 112 valence electrons. The maximum absolute atomic E-state index is 4.41. The van der Waals surface area contributed by atoms with Crippen LogP contribution in [0, 0.1) is 5.92 Å². The fourth-order valence-corrected chi connectivity index (χ4v) is 2.47. The van der Waals surface area contributed by atoms with Gasteiger partial charge in [0.1, 0.15) is 18.0 Å². The minimum Gasteiger partial charge on any atom is -0.370 e. The third-order valence-electron chi connectivity index (χ3n) is 3.85. The summed E-state index contributed by atoms with van der Waals surface area (Å²) in [5.74, 6) is 2.84. The lowest BCUT2D eigenvalue weighted by Crippen LogP contribution is -2.33. The van der Waals surface area contributed by atoms with Gasteiger partial charge < -0.3 is 15.1 Å². The van der Waals surface area contributed by atoms with Crippen molar-refractivity contribution in [2.24, 2.45) is 5.92 Å². The van der Waals surface area contributed by atoms with Gasteiger partial charge in [0.05, 0.1) is 0 Å². The van der Waals surface area contributed by atoms with Crippen LogP contribution in [0.1, 0.15) is 26.2 Å². The Morgan fingerprint density at radius 2 is 2.05 bits per heavy atom. The van der Waals surface area contributed by atoms with Gasteiger partial charge in [0.2, 0.25) is 0 Å². The standard InChI is InChI=1S/C15H27N5/c1-13-5-9-20(10-6-13)15-11-14(17-12-18-15)16-7-4-8-19(2)3/h11-13H,4-10H2,1-3H3,(H,16,17,18).